The minimum Gasteiger partial charge on any atom is -0.324 e. The van der Waals surface area contributed by atoms with E-state index in [1.807, 2.05) is 0 Å². The number of aromatic nitrogens is 2. The molecular formula is C20H11ClF3N3O3S. The molecule has 1 amide bonds. The van der Waals surface area contributed by atoms with Gasteiger partial charge in [-0.05, 0) is 41.8 Å². The molecule has 0 aliphatic carbocycles. The number of thiophene rings is 1. The number of anilines is 1. The molecule has 0 bridgehead atoms. The molecule has 0 saturated carbocycles. The van der Waals surface area contributed by atoms with Crippen molar-refractivity contribution < 1.29 is 18.0 Å². The minimum absolute atomic E-state index is 0.127. The zero-order valence-corrected chi connectivity index (χ0v) is 16.9. The molecule has 0 atom stereocenters. The van der Waals surface area contributed by atoms with Crippen LogP contribution in [0.5, 0.6) is 0 Å². The fourth-order valence-electron chi connectivity index (χ4n) is 3.05. The summed E-state index contributed by atoms with van der Waals surface area (Å²) in [6.45, 7) is -0.515. The van der Waals surface area contributed by atoms with Crippen molar-refractivity contribution in [1.82, 2.24) is 9.13 Å². The number of hydrogen-bond acceptors (Lipinski definition) is 4. The van der Waals surface area contributed by atoms with Gasteiger partial charge in [0.1, 0.15) is 28.7 Å². The Morgan fingerprint density at radius 1 is 1.03 bits per heavy atom. The van der Waals surface area contributed by atoms with Crippen LogP contribution in [0.4, 0.5) is 18.9 Å². The summed E-state index contributed by atoms with van der Waals surface area (Å²) in [4.78, 5) is 38.4. The van der Waals surface area contributed by atoms with E-state index in [2.05, 4.69) is 5.32 Å². The average molecular weight is 466 g/mol. The third-order valence-electron chi connectivity index (χ3n) is 4.37. The normalized spacial score (nSPS) is 11.1. The third kappa shape index (κ3) is 3.99. The summed E-state index contributed by atoms with van der Waals surface area (Å²) in [5.74, 6) is -3.26. The summed E-state index contributed by atoms with van der Waals surface area (Å²) in [5.41, 5.74) is -1.62. The van der Waals surface area contributed by atoms with Crippen LogP contribution in [0.2, 0.25) is 5.02 Å². The van der Waals surface area contributed by atoms with E-state index in [0.717, 1.165) is 34.1 Å². The number of nitrogens with one attached hydrogen (secondary N) is 1. The van der Waals surface area contributed by atoms with Crippen LogP contribution in [-0.4, -0.2) is 15.0 Å². The van der Waals surface area contributed by atoms with Crippen molar-refractivity contribution in [2.24, 2.45) is 0 Å². The lowest BCUT2D eigenvalue weighted by molar-refractivity contribution is -0.116. The summed E-state index contributed by atoms with van der Waals surface area (Å²) in [7, 11) is 0. The predicted octanol–water partition coefficient (Wildman–Crippen LogP) is 3.92. The Hall–Kier alpha value is -3.37. The van der Waals surface area contributed by atoms with Crippen LogP contribution in [0, 0.1) is 17.5 Å². The van der Waals surface area contributed by atoms with E-state index in [-0.39, 0.29) is 26.6 Å². The fourth-order valence-corrected chi connectivity index (χ4v) is 4.06. The summed E-state index contributed by atoms with van der Waals surface area (Å²) >= 11 is 6.72. The van der Waals surface area contributed by atoms with Crippen molar-refractivity contribution in [3.63, 3.8) is 0 Å². The van der Waals surface area contributed by atoms with Crippen LogP contribution in [0.3, 0.4) is 0 Å². The second-order valence-electron chi connectivity index (χ2n) is 6.45. The van der Waals surface area contributed by atoms with E-state index in [1.54, 1.807) is 5.38 Å². The molecule has 4 aromatic rings. The summed E-state index contributed by atoms with van der Waals surface area (Å²) in [6, 6.07) is 7.35. The largest absolute Gasteiger partial charge is 0.336 e. The maximum Gasteiger partial charge on any atom is 0.336 e. The zero-order valence-electron chi connectivity index (χ0n) is 15.4. The van der Waals surface area contributed by atoms with E-state index in [0.29, 0.717) is 10.6 Å². The van der Waals surface area contributed by atoms with Crippen LogP contribution in [0.25, 0.3) is 15.9 Å². The molecule has 0 fully saturated rings. The van der Waals surface area contributed by atoms with Gasteiger partial charge < -0.3 is 5.32 Å². The number of fused-ring (bicyclic) bond motifs is 1. The molecule has 0 aliphatic heterocycles. The van der Waals surface area contributed by atoms with E-state index in [4.69, 9.17) is 11.6 Å². The van der Waals surface area contributed by atoms with Gasteiger partial charge in [-0.1, -0.05) is 11.6 Å². The molecule has 2 heterocycles. The molecule has 2 aromatic carbocycles. The summed E-state index contributed by atoms with van der Waals surface area (Å²) < 4.78 is 42.4. The second-order valence-corrected chi connectivity index (χ2v) is 7.77. The Balaban J connectivity index is 1.80. The van der Waals surface area contributed by atoms with Crippen LogP contribution >= 0.6 is 22.9 Å². The number of nitrogens with zero attached hydrogens (tertiary/aromatic N) is 2. The summed E-state index contributed by atoms with van der Waals surface area (Å²) in [5, 5.41) is 3.84. The standard InChI is InChI=1S/C20H11ClF3N3O3S/c21-14-8-12(1-2-15(14)24)25-17(28)9-26-16-3-4-31-18(16)19(29)27(20(26)30)13-6-10(22)5-11(23)7-13/h1-8H,9H2,(H,25,28). The highest BCUT2D eigenvalue weighted by Crippen LogP contribution is 2.20. The number of carbonyl (C=O) groups is 1. The second kappa shape index (κ2) is 8.05. The van der Waals surface area contributed by atoms with E-state index in [9.17, 15) is 27.6 Å². The molecule has 0 radical (unpaired) electrons. The maximum absolute atomic E-state index is 13.7. The number of benzene rings is 2. The molecule has 2 aromatic heterocycles. The number of hydrogen-bond donors (Lipinski definition) is 1. The molecule has 0 saturated heterocycles. The van der Waals surface area contributed by atoms with Gasteiger partial charge in [0.05, 0.1) is 16.2 Å². The molecule has 0 aliphatic rings. The molecule has 31 heavy (non-hydrogen) atoms. The molecule has 6 nitrogen and oxygen atoms in total. The first kappa shape index (κ1) is 20.9. The molecule has 4 rings (SSSR count). The van der Waals surface area contributed by atoms with Crippen molar-refractivity contribution >= 4 is 44.7 Å². The first-order valence-corrected chi connectivity index (χ1v) is 9.95. The lowest BCUT2D eigenvalue weighted by atomic mass is 10.3. The lowest BCUT2D eigenvalue weighted by Crippen LogP contribution is -2.40. The average Bonchev–Trinajstić information content (AvgIpc) is 3.17. The van der Waals surface area contributed by atoms with Crippen molar-refractivity contribution in [2.75, 3.05) is 5.32 Å². The number of carbonyl (C=O) groups excluding carboxylic acids is 1. The van der Waals surface area contributed by atoms with Crippen LogP contribution < -0.4 is 16.6 Å². The quantitative estimate of drug-likeness (QED) is 0.496. The van der Waals surface area contributed by atoms with Crippen LogP contribution in [0.1, 0.15) is 0 Å². The first-order chi connectivity index (χ1) is 14.7. The van der Waals surface area contributed by atoms with Gasteiger partial charge >= 0.3 is 5.69 Å². The van der Waals surface area contributed by atoms with Gasteiger partial charge in [-0.25, -0.2) is 22.5 Å². The lowest BCUT2D eigenvalue weighted by Gasteiger charge is -2.13. The number of halogens is 4. The Bertz CT molecular complexity index is 1440. The fraction of sp³-hybridized carbons (Fsp3) is 0.0500. The molecule has 1 N–H and O–H groups in total. The SMILES string of the molecule is O=C(Cn1c(=O)n(-c2cc(F)cc(F)c2)c(=O)c2sccc21)Nc1ccc(F)c(Cl)c1. The van der Waals surface area contributed by atoms with Crippen molar-refractivity contribution in [1.29, 1.82) is 0 Å². The number of amides is 1. The zero-order chi connectivity index (χ0) is 22.3. The summed E-state index contributed by atoms with van der Waals surface area (Å²) in [6.07, 6.45) is 0. The van der Waals surface area contributed by atoms with Gasteiger partial charge in [0.2, 0.25) is 5.91 Å². The van der Waals surface area contributed by atoms with E-state index < -0.39 is 41.2 Å². The van der Waals surface area contributed by atoms with Gasteiger partial charge in [-0.15, -0.1) is 11.3 Å². The van der Waals surface area contributed by atoms with Gasteiger partial charge in [-0.3, -0.25) is 14.2 Å². The van der Waals surface area contributed by atoms with E-state index >= 15 is 0 Å². The molecular weight excluding hydrogens is 455 g/mol. The Morgan fingerprint density at radius 2 is 1.74 bits per heavy atom. The van der Waals surface area contributed by atoms with Gasteiger partial charge in [-0.2, -0.15) is 0 Å². The van der Waals surface area contributed by atoms with Gasteiger partial charge in [0.15, 0.2) is 0 Å². The Morgan fingerprint density at radius 3 is 2.42 bits per heavy atom. The van der Waals surface area contributed by atoms with Crippen molar-refractivity contribution in [2.45, 2.75) is 6.54 Å². The topological polar surface area (TPSA) is 73.1 Å². The third-order valence-corrected chi connectivity index (χ3v) is 5.55. The number of rotatable bonds is 4. The van der Waals surface area contributed by atoms with Crippen LogP contribution in [0.15, 0.2) is 57.4 Å². The highest BCUT2D eigenvalue weighted by atomic mass is 35.5. The molecule has 11 heteroatoms. The highest BCUT2D eigenvalue weighted by Gasteiger charge is 2.18. The monoisotopic (exact) mass is 465 g/mol. The Labute approximate surface area is 180 Å². The minimum atomic E-state index is -0.968. The van der Waals surface area contributed by atoms with Gasteiger partial charge in [0, 0.05) is 11.8 Å². The van der Waals surface area contributed by atoms with Crippen molar-refractivity contribution in [3.8, 4) is 5.69 Å². The van der Waals surface area contributed by atoms with Crippen molar-refractivity contribution in [3.05, 3.63) is 91.2 Å². The maximum atomic E-state index is 13.7. The van der Waals surface area contributed by atoms with E-state index in [1.165, 1.54) is 18.2 Å². The van der Waals surface area contributed by atoms with Gasteiger partial charge in [0.25, 0.3) is 5.56 Å². The Kier molecular flexibility index (Phi) is 5.42. The predicted molar refractivity (Wildman–Crippen MR) is 112 cm³/mol. The first-order valence-electron chi connectivity index (χ1n) is 8.69. The molecule has 158 valence electrons. The molecule has 0 spiro atoms. The smallest absolute Gasteiger partial charge is 0.324 e. The molecule has 0 unspecified atom stereocenters. The van der Waals surface area contributed by atoms with Crippen LogP contribution in [-0.2, 0) is 11.3 Å². The highest BCUT2D eigenvalue weighted by molar-refractivity contribution is 7.17.